The maximum Gasteiger partial charge on any atom is 0.0596 e. The van der Waals surface area contributed by atoms with Gasteiger partial charge >= 0.3 is 0 Å². The summed E-state index contributed by atoms with van der Waals surface area (Å²) in [4.78, 5) is 20.5. The van der Waals surface area contributed by atoms with Crippen molar-refractivity contribution < 1.29 is 18.9 Å². The van der Waals surface area contributed by atoms with Crippen molar-refractivity contribution in [2.75, 3.05) is 6.61 Å². The largest absolute Gasteiger partial charge is 0.790 e. The van der Waals surface area contributed by atoms with Crippen LogP contribution in [0.5, 0.6) is 0 Å². The lowest BCUT2D eigenvalue weighted by atomic mass is 10.0. The van der Waals surface area contributed by atoms with Gasteiger partial charge in [-0.2, -0.15) is 0 Å². The van der Waals surface area contributed by atoms with Gasteiger partial charge in [0, 0.05) is 0 Å². The standard InChI is InChI=1S/C18H39O4P.2H3N/c1-2-3-4-5-6-7-8-9-10-11-12-13-14-15-16-17-18-22-23(19,20)21;;/h2-18H2,1H3,(H2,19,20,21);2*1H3. The van der Waals surface area contributed by atoms with Crippen LogP contribution in [0.2, 0.25) is 0 Å². The highest BCUT2D eigenvalue weighted by atomic mass is 31.2. The lowest BCUT2D eigenvalue weighted by molar-refractivity contribution is -0.341. The third-order valence-corrected chi connectivity index (χ3v) is 4.75. The van der Waals surface area contributed by atoms with Crippen molar-refractivity contribution in [3.05, 3.63) is 0 Å². The number of rotatable bonds is 18. The van der Waals surface area contributed by atoms with Crippen LogP contribution in [0, 0.1) is 0 Å². The average Bonchev–Trinajstić information content (AvgIpc) is 2.49. The molecule has 0 aromatic rings. The summed E-state index contributed by atoms with van der Waals surface area (Å²) in [5.41, 5.74) is 0. The fourth-order valence-electron chi connectivity index (χ4n) is 2.83. The minimum atomic E-state index is -4.76. The van der Waals surface area contributed by atoms with E-state index in [0.29, 0.717) is 6.42 Å². The van der Waals surface area contributed by atoms with Crippen molar-refractivity contribution in [2.45, 2.75) is 110 Å². The molecule has 0 saturated carbocycles. The minimum absolute atomic E-state index is 0. The third-order valence-electron chi connectivity index (χ3n) is 4.25. The highest BCUT2D eigenvalue weighted by Gasteiger charge is 1.95. The molecule has 156 valence electrons. The summed E-state index contributed by atoms with van der Waals surface area (Å²) >= 11 is 0. The van der Waals surface area contributed by atoms with E-state index in [9.17, 15) is 14.4 Å². The molecule has 0 heterocycles. The number of phosphoric ester groups is 1. The Kier molecular flexibility index (Phi) is 26.3. The molecule has 7 heteroatoms. The van der Waals surface area contributed by atoms with E-state index in [-0.39, 0.29) is 18.9 Å². The van der Waals surface area contributed by atoms with Crippen LogP contribution in [0.4, 0.5) is 0 Å². The van der Waals surface area contributed by atoms with Gasteiger partial charge in [-0.1, -0.05) is 103 Å². The highest BCUT2D eigenvalue weighted by molar-refractivity contribution is 7.43. The van der Waals surface area contributed by atoms with Crippen LogP contribution in [0.15, 0.2) is 0 Å². The highest BCUT2D eigenvalue weighted by Crippen LogP contribution is 2.24. The fraction of sp³-hybridized carbons (Fsp3) is 1.00. The molecule has 0 unspecified atom stereocenters. The second kappa shape index (κ2) is 22.1. The molecule has 8 N–H and O–H groups in total. The summed E-state index contributed by atoms with van der Waals surface area (Å²) < 4.78 is 14.4. The molecule has 25 heavy (non-hydrogen) atoms. The second-order valence-corrected chi connectivity index (χ2v) is 7.74. The number of hydrogen-bond donors (Lipinski definition) is 2. The molecule has 6 nitrogen and oxygen atoms in total. The van der Waals surface area contributed by atoms with E-state index >= 15 is 0 Å². The predicted molar refractivity (Wildman–Crippen MR) is 105 cm³/mol. The zero-order valence-corrected chi connectivity index (χ0v) is 18.0. The van der Waals surface area contributed by atoms with Gasteiger partial charge < -0.3 is 31.2 Å². The molecule has 0 saturated heterocycles. The third kappa shape index (κ3) is 29.1. The first-order chi connectivity index (χ1) is 11.1. The van der Waals surface area contributed by atoms with E-state index in [1.807, 2.05) is 0 Å². The van der Waals surface area contributed by atoms with E-state index in [2.05, 4.69) is 11.4 Å². The van der Waals surface area contributed by atoms with E-state index < -0.39 is 7.82 Å². The van der Waals surface area contributed by atoms with Crippen LogP contribution in [0.3, 0.4) is 0 Å². The van der Waals surface area contributed by atoms with Crippen molar-refractivity contribution in [1.29, 1.82) is 0 Å². The first-order valence-corrected chi connectivity index (χ1v) is 11.2. The van der Waals surface area contributed by atoms with Crippen molar-refractivity contribution in [3.63, 3.8) is 0 Å². The Morgan fingerprint density at radius 3 is 1.16 bits per heavy atom. The van der Waals surface area contributed by atoms with Crippen molar-refractivity contribution in [2.24, 2.45) is 0 Å². The molecule has 0 atom stereocenters. The first-order valence-electron chi connectivity index (χ1n) is 9.73. The van der Waals surface area contributed by atoms with Gasteiger partial charge in [-0.05, 0) is 6.42 Å². The van der Waals surface area contributed by atoms with Crippen molar-refractivity contribution in [3.8, 4) is 0 Å². The Balaban J connectivity index is -0.00000242. The van der Waals surface area contributed by atoms with Crippen LogP contribution in [-0.2, 0) is 9.09 Å². The first kappa shape index (κ1) is 29.8. The molecule has 0 aliphatic heterocycles. The van der Waals surface area contributed by atoms with Gasteiger partial charge in [-0.3, -0.25) is 0 Å². The summed E-state index contributed by atoms with van der Waals surface area (Å²) in [6, 6.07) is 0. The number of phosphoric acid groups is 1. The van der Waals surface area contributed by atoms with E-state index in [0.717, 1.165) is 12.8 Å². The SMILES string of the molecule is CCCCCCCCCCCCCCCCCCOP(=O)([O-])[O-].[NH4+].[NH4+]. The lowest BCUT2D eigenvalue weighted by Gasteiger charge is -2.28. The molecule has 0 amide bonds. The summed E-state index contributed by atoms with van der Waals surface area (Å²) in [6.45, 7) is 2.30. The number of quaternary nitrogens is 2. The van der Waals surface area contributed by atoms with Gasteiger partial charge in [-0.15, -0.1) is 0 Å². The molecule has 0 radical (unpaired) electrons. The Morgan fingerprint density at radius 2 is 0.880 bits per heavy atom. The summed E-state index contributed by atoms with van der Waals surface area (Å²) in [7, 11) is -4.76. The maximum absolute atomic E-state index is 10.2. The summed E-state index contributed by atoms with van der Waals surface area (Å²) in [5, 5.41) is 0. The molecular formula is C18H45N2O4P. The van der Waals surface area contributed by atoms with Gasteiger partial charge in [-0.25, -0.2) is 0 Å². The van der Waals surface area contributed by atoms with Gasteiger partial charge in [0.25, 0.3) is 0 Å². The monoisotopic (exact) mass is 384 g/mol. The average molecular weight is 385 g/mol. The molecule has 0 aromatic heterocycles. The molecule has 0 rings (SSSR count). The van der Waals surface area contributed by atoms with Crippen molar-refractivity contribution in [1.82, 2.24) is 12.3 Å². The second-order valence-electron chi connectivity index (χ2n) is 6.58. The van der Waals surface area contributed by atoms with E-state index in [1.54, 1.807) is 0 Å². The molecule has 0 fully saturated rings. The quantitative estimate of drug-likeness (QED) is 0.225. The maximum atomic E-state index is 10.2. The van der Waals surface area contributed by atoms with E-state index in [4.69, 9.17) is 0 Å². The van der Waals surface area contributed by atoms with Gasteiger partial charge in [0.1, 0.15) is 0 Å². The Morgan fingerprint density at radius 1 is 0.600 bits per heavy atom. The molecule has 0 spiro atoms. The van der Waals surface area contributed by atoms with E-state index in [1.165, 1.54) is 83.5 Å². The number of unbranched alkanes of at least 4 members (excludes halogenated alkanes) is 15. The minimum Gasteiger partial charge on any atom is -0.790 e. The van der Waals surface area contributed by atoms with Crippen molar-refractivity contribution >= 4 is 7.82 Å². The smallest absolute Gasteiger partial charge is 0.0596 e. The Labute approximate surface area is 155 Å². The fourth-order valence-corrected chi connectivity index (χ4v) is 3.18. The van der Waals surface area contributed by atoms with Gasteiger partial charge in [0.2, 0.25) is 0 Å². The molecule has 0 bridgehead atoms. The summed E-state index contributed by atoms with van der Waals surface area (Å²) in [5.74, 6) is 0. The zero-order valence-electron chi connectivity index (χ0n) is 17.1. The zero-order chi connectivity index (χ0) is 17.2. The summed E-state index contributed by atoms with van der Waals surface area (Å²) in [6.07, 6.45) is 20.3. The predicted octanol–water partition coefficient (Wildman–Crippen LogP) is 5.85. The normalized spacial score (nSPS) is 11.0. The Bertz CT molecular complexity index is 288. The topological polar surface area (TPSA) is 145 Å². The van der Waals surface area contributed by atoms with Crippen LogP contribution >= 0.6 is 7.82 Å². The van der Waals surface area contributed by atoms with Crippen LogP contribution < -0.4 is 22.1 Å². The lowest BCUT2D eigenvalue weighted by Crippen LogP contribution is -2.16. The molecule has 0 aliphatic rings. The van der Waals surface area contributed by atoms with Crippen LogP contribution in [0.25, 0.3) is 0 Å². The van der Waals surface area contributed by atoms with Gasteiger partial charge in [0.05, 0.1) is 14.4 Å². The Hall–Kier alpha value is 0.0300. The number of hydrogen-bond acceptors (Lipinski definition) is 4. The van der Waals surface area contributed by atoms with Crippen LogP contribution in [-0.4, -0.2) is 6.61 Å². The molecular weight excluding hydrogens is 339 g/mol. The molecule has 0 aromatic carbocycles. The van der Waals surface area contributed by atoms with Gasteiger partial charge in [0.15, 0.2) is 0 Å². The molecule has 0 aliphatic carbocycles. The van der Waals surface area contributed by atoms with Crippen LogP contribution in [0.1, 0.15) is 110 Å².